The molecular weight excluding hydrogens is 408 g/mol. The topological polar surface area (TPSA) is 111 Å². The number of phenolic OH excluding ortho intramolecular Hbond substituents is 2. The van der Waals surface area contributed by atoms with Gasteiger partial charge in [-0.3, -0.25) is 4.90 Å². The molecule has 29 heavy (non-hydrogen) atoms. The number of thiocarbonyl (C=S) groups is 2. The average molecular weight is 433 g/mol. The molecule has 2 aromatic carbocycles. The van der Waals surface area contributed by atoms with E-state index in [9.17, 15) is 15.0 Å². The van der Waals surface area contributed by atoms with Gasteiger partial charge < -0.3 is 31.4 Å². The standard InChI is InChI=1S/C20H24N4O3S2/c21-12-2-1-3-16(13-25)24(19(28)22-14-4-8-17(26)9-5-14)20(29)23-15-6-10-18(27)11-7-15/h4-11,13,16,26-27H,1-3,12,21H2,(H,22,28)(H,23,29)/t16-/m0/s1. The first kappa shape index (κ1) is 22.5. The number of aromatic hydroxyl groups is 2. The Morgan fingerprint density at radius 2 is 1.38 bits per heavy atom. The van der Waals surface area contributed by atoms with Crippen molar-refractivity contribution in [2.75, 3.05) is 17.2 Å². The van der Waals surface area contributed by atoms with Crippen LogP contribution in [0, 0.1) is 0 Å². The molecule has 0 aliphatic heterocycles. The van der Waals surface area contributed by atoms with Gasteiger partial charge >= 0.3 is 0 Å². The van der Waals surface area contributed by atoms with Crippen LogP contribution >= 0.6 is 24.4 Å². The zero-order chi connectivity index (χ0) is 21.2. The van der Waals surface area contributed by atoms with Gasteiger partial charge in [-0.2, -0.15) is 0 Å². The number of nitrogens with one attached hydrogen (secondary N) is 2. The van der Waals surface area contributed by atoms with Crippen molar-refractivity contribution in [2.24, 2.45) is 5.73 Å². The van der Waals surface area contributed by atoms with Crippen LogP contribution in [0.4, 0.5) is 11.4 Å². The molecule has 0 saturated carbocycles. The van der Waals surface area contributed by atoms with E-state index in [-0.39, 0.29) is 21.7 Å². The average Bonchev–Trinajstić information content (AvgIpc) is 2.70. The molecule has 0 heterocycles. The molecule has 2 rings (SSSR count). The summed E-state index contributed by atoms with van der Waals surface area (Å²) in [4.78, 5) is 13.4. The van der Waals surface area contributed by atoms with Crippen LogP contribution in [-0.4, -0.2) is 44.2 Å². The zero-order valence-electron chi connectivity index (χ0n) is 15.7. The smallest absolute Gasteiger partial charge is 0.180 e. The van der Waals surface area contributed by atoms with Gasteiger partial charge in [-0.05, 0) is 98.8 Å². The molecule has 0 bridgehead atoms. The Morgan fingerprint density at radius 1 is 0.931 bits per heavy atom. The van der Waals surface area contributed by atoms with Crippen molar-refractivity contribution >= 4 is 52.3 Å². The van der Waals surface area contributed by atoms with Gasteiger partial charge in [0, 0.05) is 11.4 Å². The van der Waals surface area contributed by atoms with Crippen molar-refractivity contribution in [3.8, 4) is 11.5 Å². The number of anilines is 2. The van der Waals surface area contributed by atoms with Crippen molar-refractivity contribution in [1.29, 1.82) is 0 Å². The van der Waals surface area contributed by atoms with Crippen molar-refractivity contribution in [1.82, 2.24) is 4.90 Å². The van der Waals surface area contributed by atoms with E-state index < -0.39 is 6.04 Å². The predicted molar refractivity (Wildman–Crippen MR) is 123 cm³/mol. The summed E-state index contributed by atoms with van der Waals surface area (Å²) in [6.45, 7) is 0.540. The lowest BCUT2D eigenvalue weighted by Crippen LogP contribution is -2.49. The summed E-state index contributed by atoms with van der Waals surface area (Å²) < 4.78 is 0. The number of unbranched alkanes of at least 4 members (excludes halogenated alkanes) is 1. The number of hydrogen-bond donors (Lipinski definition) is 5. The molecular formula is C20H24N4O3S2. The van der Waals surface area contributed by atoms with Gasteiger partial charge in [0.05, 0.1) is 6.04 Å². The SMILES string of the molecule is NCCCC[C@@H](C=O)N(C(=S)Nc1ccc(O)cc1)C(=S)Nc1ccc(O)cc1. The minimum absolute atomic E-state index is 0.135. The maximum atomic E-state index is 11.8. The van der Waals surface area contributed by atoms with Crippen molar-refractivity contribution in [3.05, 3.63) is 48.5 Å². The molecule has 0 aromatic heterocycles. The van der Waals surface area contributed by atoms with Crippen LogP contribution < -0.4 is 16.4 Å². The molecule has 154 valence electrons. The Balaban J connectivity index is 2.21. The first-order valence-corrected chi connectivity index (χ1v) is 9.91. The number of carbonyl (C=O) groups is 1. The molecule has 7 nitrogen and oxygen atoms in total. The number of nitrogens with zero attached hydrogens (tertiary/aromatic N) is 1. The van der Waals surface area contributed by atoms with Gasteiger partial charge in [0.25, 0.3) is 0 Å². The number of rotatable bonds is 8. The first-order valence-electron chi connectivity index (χ1n) is 9.09. The van der Waals surface area contributed by atoms with Gasteiger partial charge in [0.1, 0.15) is 17.8 Å². The second-order valence-corrected chi connectivity index (χ2v) is 7.09. The van der Waals surface area contributed by atoms with Gasteiger partial charge in [0.15, 0.2) is 10.2 Å². The molecule has 2 aromatic rings. The summed E-state index contributed by atoms with van der Waals surface area (Å²) in [5.41, 5.74) is 6.86. The lowest BCUT2D eigenvalue weighted by Gasteiger charge is -2.31. The predicted octanol–water partition coefficient (Wildman–Crippen LogP) is 3.19. The highest BCUT2D eigenvalue weighted by atomic mass is 32.1. The number of aldehydes is 1. The van der Waals surface area contributed by atoms with Crippen LogP contribution in [-0.2, 0) is 4.79 Å². The fourth-order valence-electron chi connectivity index (χ4n) is 2.61. The van der Waals surface area contributed by atoms with Crippen LogP contribution in [0.15, 0.2) is 48.5 Å². The molecule has 9 heteroatoms. The molecule has 0 saturated heterocycles. The number of carbonyl (C=O) groups excluding carboxylic acids is 1. The van der Waals surface area contributed by atoms with Crippen LogP contribution in [0.5, 0.6) is 11.5 Å². The highest BCUT2D eigenvalue weighted by Gasteiger charge is 2.25. The third-order valence-corrected chi connectivity index (χ3v) is 4.72. The second kappa shape index (κ2) is 11.3. The van der Waals surface area contributed by atoms with Gasteiger partial charge in [-0.25, -0.2) is 0 Å². The highest BCUT2D eigenvalue weighted by Crippen LogP contribution is 2.19. The molecule has 0 radical (unpaired) electrons. The van der Waals surface area contributed by atoms with E-state index >= 15 is 0 Å². The number of phenols is 2. The lowest BCUT2D eigenvalue weighted by atomic mass is 10.1. The van der Waals surface area contributed by atoms with Crippen LogP contribution in [0.2, 0.25) is 0 Å². The molecule has 0 fully saturated rings. The summed E-state index contributed by atoms with van der Waals surface area (Å²) in [6.07, 6.45) is 2.89. The van der Waals surface area contributed by atoms with Crippen LogP contribution in [0.1, 0.15) is 19.3 Å². The number of benzene rings is 2. The monoisotopic (exact) mass is 432 g/mol. The fourth-order valence-corrected chi connectivity index (χ4v) is 3.35. The van der Waals surface area contributed by atoms with Crippen LogP contribution in [0.3, 0.4) is 0 Å². The highest BCUT2D eigenvalue weighted by molar-refractivity contribution is 7.82. The molecule has 0 aliphatic carbocycles. The molecule has 0 aliphatic rings. The third-order valence-electron chi connectivity index (χ3n) is 4.12. The summed E-state index contributed by atoms with van der Waals surface area (Å²) in [7, 11) is 0. The van der Waals surface area contributed by atoms with Gasteiger partial charge in [-0.15, -0.1) is 0 Å². The Kier molecular flexibility index (Phi) is 8.78. The Labute approximate surface area is 180 Å². The lowest BCUT2D eigenvalue weighted by molar-refractivity contribution is -0.110. The molecule has 0 unspecified atom stereocenters. The minimum Gasteiger partial charge on any atom is -0.508 e. The van der Waals surface area contributed by atoms with Crippen LogP contribution in [0.25, 0.3) is 0 Å². The van der Waals surface area contributed by atoms with E-state index in [1.54, 1.807) is 29.2 Å². The Hall–Kier alpha value is -2.75. The third kappa shape index (κ3) is 6.97. The number of hydrogen-bond acceptors (Lipinski definition) is 6. The van der Waals surface area contributed by atoms with E-state index in [2.05, 4.69) is 10.6 Å². The molecule has 0 amide bonds. The van der Waals surface area contributed by atoms with Gasteiger partial charge in [0.2, 0.25) is 0 Å². The Bertz CT molecular complexity index is 769. The fraction of sp³-hybridized carbons (Fsp3) is 0.250. The molecule has 6 N–H and O–H groups in total. The normalized spacial score (nSPS) is 11.3. The first-order chi connectivity index (χ1) is 13.9. The van der Waals surface area contributed by atoms with Crippen molar-refractivity contribution in [2.45, 2.75) is 25.3 Å². The number of nitrogens with two attached hydrogens (primary N) is 1. The van der Waals surface area contributed by atoms with E-state index in [0.717, 1.165) is 19.1 Å². The molecule has 0 spiro atoms. The zero-order valence-corrected chi connectivity index (χ0v) is 17.4. The van der Waals surface area contributed by atoms with E-state index in [1.165, 1.54) is 24.3 Å². The van der Waals surface area contributed by atoms with E-state index in [0.29, 0.717) is 24.3 Å². The summed E-state index contributed by atoms with van der Waals surface area (Å²) >= 11 is 11.1. The van der Waals surface area contributed by atoms with Crippen molar-refractivity contribution < 1.29 is 15.0 Å². The maximum absolute atomic E-state index is 11.8. The molecule has 1 atom stereocenters. The largest absolute Gasteiger partial charge is 0.508 e. The van der Waals surface area contributed by atoms with Crippen molar-refractivity contribution in [3.63, 3.8) is 0 Å². The summed E-state index contributed by atoms with van der Waals surface area (Å²) in [5.74, 6) is 0.269. The summed E-state index contributed by atoms with van der Waals surface area (Å²) in [5, 5.41) is 25.5. The van der Waals surface area contributed by atoms with E-state index in [1.807, 2.05) is 0 Å². The quantitative estimate of drug-likeness (QED) is 0.186. The minimum atomic E-state index is -0.573. The Morgan fingerprint density at radius 3 is 1.76 bits per heavy atom. The second-order valence-electron chi connectivity index (χ2n) is 6.31. The maximum Gasteiger partial charge on any atom is 0.180 e. The summed E-state index contributed by atoms with van der Waals surface area (Å²) in [6, 6.07) is 12.2. The van der Waals surface area contributed by atoms with E-state index in [4.69, 9.17) is 30.2 Å². The van der Waals surface area contributed by atoms with Gasteiger partial charge in [-0.1, -0.05) is 0 Å².